The van der Waals surface area contributed by atoms with E-state index in [1.807, 2.05) is 12.3 Å². The molecule has 6 heteroatoms. The van der Waals surface area contributed by atoms with Gasteiger partial charge in [0.1, 0.15) is 0 Å². The molecule has 0 saturated carbocycles. The van der Waals surface area contributed by atoms with E-state index in [9.17, 15) is 0 Å². The Kier molecular flexibility index (Phi) is 7.50. The Morgan fingerprint density at radius 3 is 2.67 bits per heavy atom. The lowest BCUT2D eigenvalue weighted by Crippen LogP contribution is -2.48. The molecule has 3 heterocycles. The number of allylic oxidation sites excluding steroid dienone is 1. The lowest BCUT2D eigenvalue weighted by Gasteiger charge is -2.39. The average Bonchev–Trinajstić information content (AvgIpc) is 3.30. The summed E-state index contributed by atoms with van der Waals surface area (Å²) < 4.78 is 0. The molecule has 1 aromatic carbocycles. The summed E-state index contributed by atoms with van der Waals surface area (Å²) in [6.45, 7) is 6.59. The van der Waals surface area contributed by atoms with Crippen molar-refractivity contribution in [2.24, 2.45) is 0 Å². The molecule has 176 valence electrons. The monoisotopic (exact) mass is 465 g/mol. The molecule has 0 amide bonds. The Morgan fingerprint density at radius 2 is 1.82 bits per heavy atom. The fourth-order valence-corrected chi connectivity index (χ4v) is 5.75. The zero-order chi connectivity index (χ0) is 22.5. The molecule has 1 atom stereocenters. The minimum Gasteiger partial charge on any atom is -0.372 e. The number of pyridine rings is 1. The Labute approximate surface area is 203 Å². The van der Waals surface area contributed by atoms with Gasteiger partial charge >= 0.3 is 0 Å². The third-order valence-corrected chi connectivity index (χ3v) is 7.62. The smallest absolute Gasteiger partial charge is 0.0843 e. The molecule has 2 aromatic rings. The highest BCUT2D eigenvalue weighted by Gasteiger charge is 2.32. The van der Waals surface area contributed by atoms with Crippen molar-refractivity contribution < 1.29 is 0 Å². The van der Waals surface area contributed by atoms with E-state index in [0.717, 1.165) is 50.7 Å². The average molecular weight is 466 g/mol. The largest absolute Gasteiger partial charge is 0.372 e. The minimum atomic E-state index is 0.242. The third kappa shape index (κ3) is 5.53. The number of nitrogens with one attached hydrogen (secondary N) is 2. The zero-order valence-corrected chi connectivity index (χ0v) is 20.3. The van der Waals surface area contributed by atoms with E-state index >= 15 is 0 Å². The normalized spacial score (nSPS) is 20.9. The van der Waals surface area contributed by atoms with Crippen LogP contribution in [0.2, 0.25) is 5.02 Å². The number of piperazine rings is 1. The molecule has 1 aromatic heterocycles. The Morgan fingerprint density at radius 1 is 0.970 bits per heavy atom. The molecule has 1 fully saturated rings. The lowest BCUT2D eigenvalue weighted by atomic mass is 9.96. The van der Waals surface area contributed by atoms with E-state index in [4.69, 9.17) is 16.6 Å². The molecule has 0 radical (unpaired) electrons. The second kappa shape index (κ2) is 10.9. The van der Waals surface area contributed by atoms with Crippen molar-refractivity contribution in [3.8, 4) is 0 Å². The van der Waals surface area contributed by atoms with Crippen LogP contribution in [-0.4, -0.2) is 54.2 Å². The molecule has 0 bridgehead atoms. The number of hydrogen-bond acceptors (Lipinski definition) is 5. The van der Waals surface area contributed by atoms with Crippen LogP contribution in [0.25, 0.3) is 0 Å². The highest BCUT2D eigenvalue weighted by atomic mass is 35.5. The summed E-state index contributed by atoms with van der Waals surface area (Å²) in [6.07, 6.45) is 12.6. The molecule has 1 aliphatic carbocycles. The van der Waals surface area contributed by atoms with E-state index < -0.39 is 0 Å². The zero-order valence-electron chi connectivity index (χ0n) is 19.5. The number of aryl methyl sites for hydroxylation is 2. The second-order valence-corrected chi connectivity index (χ2v) is 10.00. The van der Waals surface area contributed by atoms with Crippen LogP contribution in [0, 0.1) is 0 Å². The predicted molar refractivity (Wildman–Crippen MR) is 135 cm³/mol. The summed E-state index contributed by atoms with van der Waals surface area (Å²) in [5, 5.41) is 7.43. The summed E-state index contributed by atoms with van der Waals surface area (Å²) in [6, 6.07) is 11.0. The van der Waals surface area contributed by atoms with Gasteiger partial charge in [0, 0.05) is 49.3 Å². The van der Waals surface area contributed by atoms with Crippen molar-refractivity contribution in [1.29, 1.82) is 0 Å². The van der Waals surface area contributed by atoms with Gasteiger partial charge < -0.3 is 15.5 Å². The van der Waals surface area contributed by atoms with Crippen LogP contribution in [0.4, 0.5) is 0 Å². The molecule has 3 aliphatic rings. The van der Waals surface area contributed by atoms with E-state index in [-0.39, 0.29) is 6.04 Å². The third-order valence-electron chi connectivity index (χ3n) is 7.38. The maximum Gasteiger partial charge on any atom is 0.0843 e. The maximum atomic E-state index is 6.36. The van der Waals surface area contributed by atoms with Gasteiger partial charge in [-0.15, -0.1) is 0 Å². The molecule has 5 rings (SSSR count). The topological polar surface area (TPSA) is 43.4 Å². The molecular weight excluding hydrogens is 430 g/mol. The first kappa shape index (κ1) is 22.7. The van der Waals surface area contributed by atoms with E-state index in [1.54, 1.807) is 0 Å². The number of rotatable bonds is 8. The van der Waals surface area contributed by atoms with Crippen LogP contribution in [0.15, 0.2) is 48.4 Å². The van der Waals surface area contributed by atoms with Crippen molar-refractivity contribution in [1.82, 2.24) is 25.4 Å². The lowest BCUT2D eigenvalue weighted by molar-refractivity contribution is 0.106. The van der Waals surface area contributed by atoms with Crippen LogP contribution in [0.5, 0.6) is 0 Å². The van der Waals surface area contributed by atoms with E-state index in [2.05, 4.69) is 50.9 Å². The molecule has 2 N–H and O–H groups in total. The highest BCUT2D eigenvalue weighted by Crippen LogP contribution is 2.37. The summed E-state index contributed by atoms with van der Waals surface area (Å²) in [7, 11) is 0. The van der Waals surface area contributed by atoms with Gasteiger partial charge in [-0.05, 0) is 73.5 Å². The SMILES string of the molecule is Clc1ccc2c(c1)CCc1cccnc1C2N1CCN(CCCCCCC2=CNCN2)CC1. The molecule has 33 heavy (non-hydrogen) atoms. The van der Waals surface area contributed by atoms with Crippen molar-refractivity contribution >= 4 is 11.6 Å². The van der Waals surface area contributed by atoms with Gasteiger partial charge in [0.2, 0.25) is 0 Å². The molecule has 2 aliphatic heterocycles. The molecule has 5 nitrogen and oxygen atoms in total. The van der Waals surface area contributed by atoms with Gasteiger partial charge in [-0.1, -0.05) is 36.6 Å². The molecule has 1 unspecified atom stereocenters. The van der Waals surface area contributed by atoms with Gasteiger partial charge in [0.15, 0.2) is 0 Å². The van der Waals surface area contributed by atoms with Crippen molar-refractivity contribution in [3.05, 3.63) is 75.8 Å². The second-order valence-electron chi connectivity index (χ2n) is 9.56. The number of halogens is 1. The number of fused-ring (bicyclic) bond motifs is 2. The van der Waals surface area contributed by atoms with Crippen molar-refractivity contribution in [3.63, 3.8) is 0 Å². The van der Waals surface area contributed by atoms with Crippen LogP contribution in [-0.2, 0) is 12.8 Å². The van der Waals surface area contributed by atoms with Crippen LogP contribution >= 0.6 is 11.6 Å². The molecule has 0 spiro atoms. The number of hydrogen-bond donors (Lipinski definition) is 2. The predicted octanol–water partition coefficient (Wildman–Crippen LogP) is 4.48. The van der Waals surface area contributed by atoms with Crippen molar-refractivity contribution in [2.45, 2.75) is 51.0 Å². The number of aromatic nitrogens is 1. The number of unbranched alkanes of at least 4 members (excludes halogenated alkanes) is 3. The number of benzene rings is 1. The van der Waals surface area contributed by atoms with Gasteiger partial charge in [-0.25, -0.2) is 0 Å². The van der Waals surface area contributed by atoms with E-state index in [1.165, 1.54) is 66.7 Å². The van der Waals surface area contributed by atoms with Crippen LogP contribution in [0.3, 0.4) is 0 Å². The van der Waals surface area contributed by atoms with Crippen molar-refractivity contribution in [2.75, 3.05) is 39.4 Å². The van der Waals surface area contributed by atoms with Gasteiger partial charge in [-0.2, -0.15) is 0 Å². The molecule has 1 saturated heterocycles. The Bertz CT molecular complexity index is 967. The first-order valence-corrected chi connectivity index (χ1v) is 13.0. The Balaban J connectivity index is 1.15. The maximum absolute atomic E-state index is 6.36. The van der Waals surface area contributed by atoms with Crippen LogP contribution in [0.1, 0.15) is 60.5 Å². The summed E-state index contributed by atoms with van der Waals surface area (Å²) in [5.41, 5.74) is 6.77. The van der Waals surface area contributed by atoms with Gasteiger partial charge in [-0.3, -0.25) is 9.88 Å². The minimum absolute atomic E-state index is 0.242. The van der Waals surface area contributed by atoms with Gasteiger partial charge in [0.25, 0.3) is 0 Å². The summed E-state index contributed by atoms with van der Waals surface area (Å²) >= 11 is 6.36. The van der Waals surface area contributed by atoms with E-state index in [0.29, 0.717) is 0 Å². The van der Waals surface area contributed by atoms with Gasteiger partial charge in [0.05, 0.1) is 18.4 Å². The highest BCUT2D eigenvalue weighted by molar-refractivity contribution is 6.30. The number of nitrogens with zero attached hydrogens (tertiary/aromatic N) is 3. The summed E-state index contributed by atoms with van der Waals surface area (Å²) in [5.74, 6) is 0. The molecular formula is C27H36ClN5. The standard InChI is InChI=1S/C27H36ClN5/c28-23-10-11-25-22(18-23)9-8-21-6-5-12-30-26(21)27(25)33-16-14-32(15-17-33)13-4-2-1-3-7-24-19-29-20-31-24/h5-6,10-12,18-19,27,29,31H,1-4,7-9,13-17,20H2. The summed E-state index contributed by atoms with van der Waals surface area (Å²) in [4.78, 5) is 10.2. The first-order valence-electron chi connectivity index (χ1n) is 12.6. The first-order chi connectivity index (χ1) is 16.3. The van der Waals surface area contributed by atoms with Crippen LogP contribution < -0.4 is 10.6 Å². The quantitative estimate of drug-likeness (QED) is 0.562. The Hall–Kier alpha value is -2.08. The fourth-order valence-electron chi connectivity index (χ4n) is 5.55. The fraction of sp³-hybridized carbons (Fsp3) is 0.519.